The van der Waals surface area contributed by atoms with Gasteiger partial charge in [0.05, 0.1) is 26.3 Å². The number of benzene rings is 1. The summed E-state index contributed by atoms with van der Waals surface area (Å²) in [6.45, 7) is 1.06. The Labute approximate surface area is 186 Å². The molecule has 7 nitrogen and oxygen atoms in total. The number of primary amides is 1. The molecule has 3 N–H and O–H groups in total. The molecule has 166 valence electrons. The van der Waals surface area contributed by atoms with E-state index in [-0.39, 0.29) is 18.5 Å². The molecule has 0 bridgehead atoms. The predicted molar refractivity (Wildman–Crippen MR) is 121 cm³/mol. The number of aryl methyl sites for hydroxylation is 1. The highest BCUT2D eigenvalue weighted by Gasteiger charge is 2.31. The number of hydrogen-bond acceptors (Lipinski definition) is 6. The topological polar surface area (TPSA) is 93.9 Å². The molecule has 1 saturated heterocycles. The number of fused-ring (bicyclic) bond motifs is 1. The van der Waals surface area contributed by atoms with Crippen LogP contribution >= 0.6 is 11.3 Å². The summed E-state index contributed by atoms with van der Waals surface area (Å²) in [5.74, 6) is 0.965. The number of likely N-dealkylation sites (tertiary alicyclic amines) is 1. The molecular formula is C23H29N3O4S. The Kier molecular flexibility index (Phi) is 6.48. The van der Waals surface area contributed by atoms with E-state index in [1.165, 1.54) is 16.2 Å². The zero-order valence-electron chi connectivity index (χ0n) is 18.0. The predicted octanol–water partition coefficient (Wildman–Crippen LogP) is 3.52. The molecule has 2 heterocycles. The first-order valence-electron chi connectivity index (χ1n) is 10.7. The Morgan fingerprint density at radius 1 is 1.19 bits per heavy atom. The Morgan fingerprint density at radius 2 is 2.00 bits per heavy atom. The summed E-state index contributed by atoms with van der Waals surface area (Å²) < 4.78 is 11.0. The molecule has 0 spiro atoms. The first kappa shape index (κ1) is 21.6. The number of carbonyl (C=O) groups is 2. The molecule has 1 aromatic carbocycles. The number of ether oxygens (including phenoxy) is 2. The maximum atomic E-state index is 13.0. The van der Waals surface area contributed by atoms with E-state index in [4.69, 9.17) is 15.2 Å². The van der Waals surface area contributed by atoms with Crippen LogP contribution in [0.1, 0.15) is 58.1 Å². The lowest BCUT2D eigenvalue weighted by Crippen LogP contribution is -2.33. The van der Waals surface area contributed by atoms with Crippen molar-refractivity contribution in [2.75, 3.05) is 32.6 Å². The lowest BCUT2D eigenvalue weighted by atomic mass is 9.95. The molecule has 2 aromatic rings. The summed E-state index contributed by atoms with van der Waals surface area (Å²) in [4.78, 5) is 28.4. The highest BCUT2D eigenvalue weighted by atomic mass is 32.1. The number of hydrogen-bond donors (Lipinski definition) is 2. The smallest absolute Gasteiger partial charge is 0.251 e. The van der Waals surface area contributed by atoms with E-state index in [0.717, 1.165) is 67.7 Å². The second-order valence-corrected chi connectivity index (χ2v) is 9.17. The third-order valence-electron chi connectivity index (χ3n) is 6.18. The summed E-state index contributed by atoms with van der Waals surface area (Å²) in [6, 6.07) is 5.83. The van der Waals surface area contributed by atoms with Crippen molar-refractivity contribution in [3.63, 3.8) is 0 Å². The minimum atomic E-state index is -0.463. The first-order valence-corrected chi connectivity index (χ1v) is 11.5. The van der Waals surface area contributed by atoms with Gasteiger partial charge in [0.1, 0.15) is 16.5 Å². The summed E-state index contributed by atoms with van der Waals surface area (Å²) in [7, 11) is 3.30. The van der Waals surface area contributed by atoms with Gasteiger partial charge in [-0.15, -0.1) is 11.3 Å². The normalized spacial score (nSPS) is 18.5. The largest absolute Gasteiger partial charge is 0.497 e. The van der Waals surface area contributed by atoms with E-state index in [2.05, 4.69) is 10.2 Å². The van der Waals surface area contributed by atoms with E-state index in [0.29, 0.717) is 10.6 Å². The van der Waals surface area contributed by atoms with Gasteiger partial charge >= 0.3 is 0 Å². The summed E-state index contributed by atoms with van der Waals surface area (Å²) in [6.07, 6.45) is 5.89. The second kappa shape index (κ2) is 9.28. The highest BCUT2D eigenvalue weighted by Crippen LogP contribution is 2.40. The number of amides is 2. The maximum absolute atomic E-state index is 13.0. The van der Waals surface area contributed by atoms with Crippen molar-refractivity contribution < 1.29 is 19.1 Å². The van der Waals surface area contributed by atoms with Gasteiger partial charge in [-0.2, -0.15) is 0 Å². The minimum Gasteiger partial charge on any atom is -0.497 e. The van der Waals surface area contributed by atoms with Crippen molar-refractivity contribution in [2.24, 2.45) is 5.73 Å². The third kappa shape index (κ3) is 4.41. The lowest BCUT2D eigenvalue weighted by Gasteiger charge is -2.26. The van der Waals surface area contributed by atoms with Gasteiger partial charge in [-0.1, -0.05) is 0 Å². The zero-order chi connectivity index (χ0) is 22.0. The summed E-state index contributed by atoms with van der Waals surface area (Å²) in [5, 5.41) is 3.58. The van der Waals surface area contributed by atoms with Crippen molar-refractivity contribution >= 4 is 28.2 Å². The van der Waals surface area contributed by atoms with Crippen LogP contribution in [0.15, 0.2) is 18.2 Å². The zero-order valence-corrected chi connectivity index (χ0v) is 18.8. The van der Waals surface area contributed by atoms with Gasteiger partial charge < -0.3 is 20.5 Å². The van der Waals surface area contributed by atoms with Crippen LogP contribution in [0.3, 0.4) is 0 Å². The Hall–Kier alpha value is -2.58. The quantitative estimate of drug-likeness (QED) is 0.683. The van der Waals surface area contributed by atoms with E-state index >= 15 is 0 Å². The van der Waals surface area contributed by atoms with Gasteiger partial charge in [-0.3, -0.25) is 14.5 Å². The number of nitrogens with one attached hydrogen (secondary N) is 1. The van der Waals surface area contributed by atoms with Crippen molar-refractivity contribution in [3.8, 4) is 11.5 Å². The fourth-order valence-electron chi connectivity index (χ4n) is 4.73. The Balaban J connectivity index is 1.52. The van der Waals surface area contributed by atoms with E-state index in [9.17, 15) is 9.59 Å². The molecular weight excluding hydrogens is 414 g/mol. The van der Waals surface area contributed by atoms with Crippen LogP contribution in [0.5, 0.6) is 11.5 Å². The van der Waals surface area contributed by atoms with E-state index < -0.39 is 5.91 Å². The molecule has 4 rings (SSSR count). The molecule has 1 fully saturated rings. The van der Waals surface area contributed by atoms with Crippen molar-refractivity contribution in [3.05, 3.63) is 39.8 Å². The van der Waals surface area contributed by atoms with Gasteiger partial charge in [-0.05, 0) is 68.8 Å². The molecule has 0 unspecified atom stereocenters. The highest BCUT2D eigenvalue weighted by molar-refractivity contribution is 7.17. The number of methoxy groups -OCH3 is 2. The molecule has 0 saturated carbocycles. The fourth-order valence-corrected chi connectivity index (χ4v) is 6.04. The SMILES string of the molecule is COc1ccc(OC)c([C@@H]2CCCN2CC(=O)Nc2sc3c(c2C(N)=O)CCCC3)c1. The number of rotatable bonds is 7. The van der Waals surface area contributed by atoms with Crippen LogP contribution in [-0.2, 0) is 17.6 Å². The average Bonchev–Trinajstić information content (AvgIpc) is 3.36. The van der Waals surface area contributed by atoms with Crippen LogP contribution in [0.2, 0.25) is 0 Å². The van der Waals surface area contributed by atoms with Crippen LogP contribution in [-0.4, -0.2) is 44.0 Å². The number of anilines is 1. The van der Waals surface area contributed by atoms with Crippen molar-refractivity contribution in [1.29, 1.82) is 0 Å². The molecule has 1 aliphatic heterocycles. The molecule has 1 aromatic heterocycles. The van der Waals surface area contributed by atoms with Crippen LogP contribution in [0, 0.1) is 0 Å². The van der Waals surface area contributed by atoms with Crippen LogP contribution < -0.4 is 20.5 Å². The molecule has 8 heteroatoms. The monoisotopic (exact) mass is 443 g/mol. The summed E-state index contributed by atoms with van der Waals surface area (Å²) in [5.41, 5.74) is 8.21. The molecule has 1 aliphatic carbocycles. The van der Waals surface area contributed by atoms with Gasteiger partial charge in [-0.25, -0.2) is 0 Å². The van der Waals surface area contributed by atoms with E-state index in [1.54, 1.807) is 14.2 Å². The number of nitrogens with two attached hydrogens (primary N) is 1. The molecule has 1 atom stereocenters. The number of carbonyl (C=O) groups excluding carboxylic acids is 2. The first-order chi connectivity index (χ1) is 15.0. The summed E-state index contributed by atoms with van der Waals surface area (Å²) >= 11 is 1.50. The Morgan fingerprint density at radius 3 is 2.74 bits per heavy atom. The van der Waals surface area contributed by atoms with Crippen LogP contribution in [0.25, 0.3) is 0 Å². The number of thiophene rings is 1. The fraction of sp³-hybridized carbons (Fsp3) is 0.478. The Bertz CT molecular complexity index is 987. The van der Waals surface area contributed by atoms with Gasteiger partial charge in [0.15, 0.2) is 0 Å². The molecule has 2 amide bonds. The minimum absolute atomic E-state index is 0.0722. The standard InChI is InChI=1S/C23H29N3O4S/c1-29-14-9-10-18(30-2)16(12-14)17-7-5-11-26(17)13-20(27)25-23-21(22(24)28)15-6-3-4-8-19(15)31-23/h9-10,12,17H,3-8,11,13H2,1-2H3,(H2,24,28)(H,25,27)/t17-/m0/s1. The molecule has 2 aliphatic rings. The van der Waals surface area contributed by atoms with E-state index in [1.807, 2.05) is 18.2 Å². The van der Waals surface area contributed by atoms with Gasteiger partial charge in [0.2, 0.25) is 5.91 Å². The van der Waals surface area contributed by atoms with Gasteiger partial charge in [0.25, 0.3) is 5.91 Å². The van der Waals surface area contributed by atoms with Crippen molar-refractivity contribution in [1.82, 2.24) is 4.90 Å². The second-order valence-electron chi connectivity index (χ2n) is 8.06. The average molecular weight is 444 g/mol. The van der Waals surface area contributed by atoms with Crippen LogP contribution in [0.4, 0.5) is 5.00 Å². The third-order valence-corrected chi connectivity index (χ3v) is 7.38. The number of nitrogens with zero attached hydrogens (tertiary/aromatic N) is 1. The van der Waals surface area contributed by atoms with Crippen molar-refractivity contribution in [2.45, 2.75) is 44.6 Å². The molecule has 0 radical (unpaired) electrons. The maximum Gasteiger partial charge on any atom is 0.251 e. The van der Waals surface area contributed by atoms with Gasteiger partial charge in [0, 0.05) is 16.5 Å². The molecule has 31 heavy (non-hydrogen) atoms. The lowest BCUT2D eigenvalue weighted by molar-refractivity contribution is -0.117.